The summed E-state index contributed by atoms with van der Waals surface area (Å²) in [7, 11) is 1.49. The number of ether oxygens (including phenoxy) is 2. The average molecular weight is 368 g/mol. The Morgan fingerprint density at radius 2 is 1.93 bits per heavy atom. The van der Waals surface area contributed by atoms with Gasteiger partial charge in [0.2, 0.25) is 5.95 Å². The SMILES string of the molecule is COc1ncc(-c2cc3c(C)nc(N)nc3n(C3CCOCC3)c2=O)cn1. The first kappa shape index (κ1) is 17.3. The van der Waals surface area contributed by atoms with E-state index in [1.165, 1.54) is 7.11 Å². The van der Waals surface area contributed by atoms with E-state index in [-0.39, 0.29) is 23.6 Å². The maximum absolute atomic E-state index is 13.4. The summed E-state index contributed by atoms with van der Waals surface area (Å²) in [5, 5.41) is 0.779. The molecular formula is C18H20N6O3. The van der Waals surface area contributed by atoms with Crippen molar-refractivity contribution in [1.82, 2.24) is 24.5 Å². The molecule has 4 heterocycles. The minimum absolute atomic E-state index is 0.0124. The van der Waals surface area contributed by atoms with Crippen molar-refractivity contribution in [2.75, 3.05) is 26.1 Å². The molecule has 0 radical (unpaired) electrons. The maximum Gasteiger partial charge on any atom is 0.316 e. The number of pyridine rings is 1. The van der Waals surface area contributed by atoms with Crippen molar-refractivity contribution in [2.24, 2.45) is 0 Å². The summed E-state index contributed by atoms with van der Waals surface area (Å²) in [5.74, 6) is 0.153. The lowest BCUT2D eigenvalue weighted by Crippen LogP contribution is -2.31. The molecule has 1 saturated heterocycles. The molecule has 1 aliphatic rings. The number of anilines is 1. The lowest BCUT2D eigenvalue weighted by molar-refractivity contribution is 0.0697. The molecule has 140 valence electrons. The second kappa shape index (κ2) is 6.92. The number of rotatable bonds is 3. The molecular weight excluding hydrogens is 348 g/mol. The van der Waals surface area contributed by atoms with Gasteiger partial charge in [-0.25, -0.2) is 15.0 Å². The zero-order valence-corrected chi connectivity index (χ0v) is 15.2. The minimum Gasteiger partial charge on any atom is -0.467 e. The van der Waals surface area contributed by atoms with Crippen molar-refractivity contribution in [3.05, 3.63) is 34.5 Å². The van der Waals surface area contributed by atoms with Crippen molar-refractivity contribution in [1.29, 1.82) is 0 Å². The van der Waals surface area contributed by atoms with Gasteiger partial charge in [0.1, 0.15) is 5.65 Å². The normalized spacial score (nSPS) is 15.2. The van der Waals surface area contributed by atoms with E-state index in [0.717, 1.165) is 18.2 Å². The lowest BCUT2D eigenvalue weighted by atomic mass is 10.0. The molecule has 9 heteroatoms. The number of nitrogens with two attached hydrogens (primary N) is 1. The van der Waals surface area contributed by atoms with Gasteiger partial charge < -0.3 is 15.2 Å². The number of aryl methyl sites for hydroxylation is 1. The smallest absolute Gasteiger partial charge is 0.316 e. The summed E-state index contributed by atoms with van der Waals surface area (Å²) in [6.07, 6.45) is 4.63. The molecule has 0 aliphatic carbocycles. The zero-order valence-electron chi connectivity index (χ0n) is 15.2. The number of nitrogens with zero attached hydrogens (tertiary/aromatic N) is 5. The first-order chi connectivity index (χ1) is 13.1. The van der Waals surface area contributed by atoms with E-state index in [9.17, 15) is 4.79 Å². The van der Waals surface area contributed by atoms with Crippen LogP contribution in [0.4, 0.5) is 5.95 Å². The predicted molar refractivity (Wildman–Crippen MR) is 99.6 cm³/mol. The Balaban J connectivity index is 1.99. The van der Waals surface area contributed by atoms with E-state index in [1.54, 1.807) is 23.0 Å². The van der Waals surface area contributed by atoms with E-state index in [4.69, 9.17) is 15.2 Å². The van der Waals surface area contributed by atoms with E-state index >= 15 is 0 Å². The van der Waals surface area contributed by atoms with E-state index in [2.05, 4.69) is 19.9 Å². The van der Waals surface area contributed by atoms with Crippen LogP contribution in [0.15, 0.2) is 23.3 Å². The largest absolute Gasteiger partial charge is 0.467 e. The highest BCUT2D eigenvalue weighted by atomic mass is 16.5. The molecule has 0 atom stereocenters. The topological polar surface area (TPSA) is 118 Å². The van der Waals surface area contributed by atoms with Gasteiger partial charge in [0, 0.05) is 42.6 Å². The Morgan fingerprint density at radius 1 is 1.22 bits per heavy atom. The highest BCUT2D eigenvalue weighted by molar-refractivity contribution is 5.83. The second-order valence-electron chi connectivity index (χ2n) is 6.44. The van der Waals surface area contributed by atoms with Crippen molar-refractivity contribution < 1.29 is 9.47 Å². The van der Waals surface area contributed by atoms with Crippen molar-refractivity contribution >= 4 is 17.0 Å². The van der Waals surface area contributed by atoms with E-state index in [1.807, 2.05) is 6.92 Å². The fourth-order valence-electron chi connectivity index (χ4n) is 3.42. The summed E-state index contributed by atoms with van der Waals surface area (Å²) in [5.41, 5.74) is 8.08. The summed E-state index contributed by atoms with van der Waals surface area (Å²) in [6.45, 7) is 3.06. The van der Waals surface area contributed by atoms with Crippen LogP contribution >= 0.6 is 0 Å². The molecule has 1 fully saturated rings. The Kier molecular flexibility index (Phi) is 4.44. The van der Waals surface area contributed by atoms with Gasteiger partial charge in [-0.2, -0.15) is 4.98 Å². The van der Waals surface area contributed by atoms with Crippen LogP contribution in [-0.2, 0) is 4.74 Å². The molecule has 2 N–H and O–H groups in total. The fourth-order valence-corrected chi connectivity index (χ4v) is 3.42. The monoisotopic (exact) mass is 368 g/mol. The summed E-state index contributed by atoms with van der Waals surface area (Å²) < 4.78 is 12.2. The number of fused-ring (bicyclic) bond motifs is 1. The standard InChI is InChI=1S/C18H20N6O3/c1-10-13-7-14(11-8-20-18(26-2)21-9-11)16(25)24(12-3-5-27-6-4-12)15(13)23-17(19)22-10/h7-9,12H,3-6H2,1-2H3,(H2,19,22,23). The Bertz CT molecular complexity index is 1040. The average Bonchev–Trinajstić information content (AvgIpc) is 2.68. The van der Waals surface area contributed by atoms with Gasteiger partial charge in [0.25, 0.3) is 5.56 Å². The van der Waals surface area contributed by atoms with Crippen LogP contribution in [-0.4, -0.2) is 44.8 Å². The molecule has 3 aromatic rings. The third-order valence-corrected chi connectivity index (χ3v) is 4.78. The zero-order chi connectivity index (χ0) is 19.0. The Labute approximate surface area is 155 Å². The van der Waals surface area contributed by atoms with Crippen LogP contribution in [0.3, 0.4) is 0 Å². The van der Waals surface area contributed by atoms with Crippen LogP contribution in [0.5, 0.6) is 6.01 Å². The molecule has 0 spiro atoms. The first-order valence-electron chi connectivity index (χ1n) is 8.72. The molecule has 0 bridgehead atoms. The molecule has 0 saturated carbocycles. The van der Waals surface area contributed by atoms with Gasteiger partial charge in [-0.05, 0) is 25.8 Å². The van der Waals surface area contributed by atoms with Crippen LogP contribution in [0.2, 0.25) is 0 Å². The lowest BCUT2D eigenvalue weighted by Gasteiger charge is -2.26. The first-order valence-corrected chi connectivity index (χ1v) is 8.72. The fraction of sp³-hybridized carbons (Fsp3) is 0.389. The predicted octanol–water partition coefficient (Wildman–Crippen LogP) is 1.50. The van der Waals surface area contributed by atoms with Gasteiger partial charge in [0.15, 0.2) is 0 Å². The highest BCUT2D eigenvalue weighted by Crippen LogP contribution is 2.27. The second-order valence-corrected chi connectivity index (χ2v) is 6.44. The van der Waals surface area contributed by atoms with Crippen molar-refractivity contribution in [3.8, 4) is 17.1 Å². The van der Waals surface area contributed by atoms with Gasteiger partial charge >= 0.3 is 6.01 Å². The van der Waals surface area contributed by atoms with Gasteiger partial charge in [-0.1, -0.05) is 0 Å². The quantitative estimate of drug-likeness (QED) is 0.739. The molecule has 0 amide bonds. The van der Waals surface area contributed by atoms with Gasteiger partial charge in [-0.3, -0.25) is 9.36 Å². The van der Waals surface area contributed by atoms with Crippen molar-refractivity contribution in [2.45, 2.75) is 25.8 Å². The van der Waals surface area contributed by atoms with Crippen LogP contribution < -0.4 is 16.0 Å². The molecule has 27 heavy (non-hydrogen) atoms. The molecule has 9 nitrogen and oxygen atoms in total. The molecule has 3 aromatic heterocycles. The number of nitrogen functional groups attached to an aromatic ring is 1. The van der Waals surface area contributed by atoms with Gasteiger partial charge in [0.05, 0.1) is 18.4 Å². The Morgan fingerprint density at radius 3 is 2.59 bits per heavy atom. The van der Waals surface area contributed by atoms with Crippen LogP contribution in [0.25, 0.3) is 22.2 Å². The number of hydrogen-bond donors (Lipinski definition) is 1. The van der Waals surface area contributed by atoms with Crippen LogP contribution in [0, 0.1) is 6.92 Å². The third kappa shape index (κ3) is 3.10. The van der Waals surface area contributed by atoms with E-state index in [0.29, 0.717) is 35.7 Å². The highest BCUT2D eigenvalue weighted by Gasteiger charge is 2.23. The third-order valence-electron chi connectivity index (χ3n) is 4.78. The number of methoxy groups -OCH3 is 1. The Hall–Kier alpha value is -3.07. The number of hydrogen-bond acceptors (Lipinski definition) is 8. The van der Waals surface area contributed by atoms with Crippen LogP contribution in [0.1, 0.15) is 24.6 Å². The van der Waals surface area contributed by atoms with Gasteiger partial charge in [-0.15, -0.1) is 0 Å². The summed E-state index contributed by atoms with van der Waals surface area (Å²) in [4.78, 5) is 30.3. The minimum atomic E-state index is -0.152. The molecule has 1 aliphatic heterocycles. The van der Waals surface area contributed by atoms with Crippen molar-refractivity contribution in [3.63, 3.8) is 0 Å². The van der Waals surface area contributed by atoms with E-state index < -0.39 is 0 Å². The molecule has 0 aromatic carbocycles. The summed E-state index contributed by atoms with van der Waals surface area (Å²) in [6, 6.07) is 2.02. The molecule has 4 rings (SSSR count). The summed E-state index contributed by atoms with van der Waals surface area (Å²) >= 11 is 0. The number of aromatic nitrogens is 5. The maximum atomic E-state index is 13.4. The molecule has 0 unspecified atom stereocenters.